The first-order chi connectivity index (χ1) is 8.29. The molecule has 1 unspecified atom stereocenters. The molecule has 0 aromatic heterocycles. The molecule has 92 valence electrons. The van der Waals surface area contributed by atoms with Gasteiger partial charge in [-0.25, -0.2) is 0 Å². The predicted molar refractivity (Wildman–Crippen MR) is 66.1 cm³/mol. The Labute approximate surface area is 101 Å². The van der Waals surface area contributed by atoms with Crippen molar-refractivity contribution in [2.75, 3.05) is 20.2 Å². The van der Waals surface area contributed by atoms with Crippen LogP contribution in [0.3, 0.4) is 0 Å². The van der Waals surface area contributed by atoms with E-state index in [9.17, 15) is 4.79 Å². The standard InChI is InChI=1S/C13H18N2O2/c1-17-11-5-2-4-10(8-11)9-12-13(16)15-7-3-6-14-12/h2,4-5,8,12,14H,3,6-7,9H2,1H3,(H,15,16). The van der Waals surface area contributed by atoms with Gasteiger partial charge in [0.25, 0.3) is 0 Å². The second-order valence-corrected chi connectivity index (χ2v) is 4.21. The second-order valence-electron chi connectivity index (χ2n) is 4.21. The molecule has 0 bridgehead atoms. The van der Waals surface area contributed by atoms with E-state index in [1.807, 2.05) is 24.3 Å². The van der Waals surface area contributed by atoms with Crippen LogP contribution in [0.15, 0.2) is 24.3 Å². The van der Waals surface area contributed by atoms with E-state index in [-0.39, 0.29) is 11.9 Å². The van der Waals surface area contributed by atoms with Crippen LogP contribution >= 0.6 is 0 Å². The normalized spacial score (nSPS) is 20.5. The van der Waals surface area contributed by atoms with Crippen molar-refractivity contribution in [2.45, 2.75) is 18.9 Å². The molecule has 0 aliphatic carbocycles. The predicted octanol–water partition coefficient (Wildman–Crippen LogP) is 0.716. The lowest BCUT2D eigenvalue weighted by molar-refractivity contribution is -0.122. The van der Waals surface area contributed by atoms with Crippen molar-refractivity contribution in [3.63, 3.8) is 0 Å². The number of carbonyl (C=O) groups excluding carboxylic acids is 1. The average molecular weight is 234 g/mol. The van der Waals surface area contributed by atoms with Crippen LogP contribution in [0.4, 0.5) is 0 Å². The lowest BCUT2D eigenvalue weighted by Gasteiger charge is -2.14. The number of ether oxygens (including phenoxy) is 1. The molecule has 1 fully saturated rings. The fourth-order valence-electron chi connectivity index (χ4n) is 1.99. The maximum atomic E-state index is 11.8. The Kier molecular flexibility index (Phi) is 3.98. The Morgan fingerprint density at radius 2 is 2.29 bits per heavy atom. The topological polar surface area (TPSA) is 50.4 Å². The maximum Gasteiger partial charge on any atom is 0.237 e. The second kappa shape index (κ2) is 5.68. The lowest BCUT2D eigenvalue weighted by Crippen LogP contribution is -2.42. The Morgan fingerprint density at radius 3 is 3.12 bits per heavy atom. The third-order valence-corrected chi connectivity index (χ3v) is 2.93. The van der Waals surface area contributed by atoms with Crippen LogP contribution in [-0.4, -0.2) is 32.1 Å². The molecule has 1 amide bonds. The van der Waals surface area contributed by atoms with Gasteiger partial charge in [0.1, 0.15) is 5.75 Å². The molecule has 4 nitrogen and oxygen atoms in total. The number of amides is 1. The summed E-state index contributed by atoms with van der Waals surface area (Å²) in [6, 6.07) is 7.71. The lowest BCUT2D eigenvalue weighted by atomic mass is 10.1. The summed E-state index contributed by atoms with van der Waals surface area (Å²) < 4.78 is 5.17. The van der Waals surface area contributed by atoms with E-state index in [4.69, 9.17) is 4.74 Å². The molecule has 1 aromatic rings. The van der Waals surface area contributed by atoms with Crippen LogP contribution in [0, 0.1) is 0 Å². The molecule has 0 radical (unpaired) electrons. The minimum absolute atomic E-state index is 0.0883. The van der Waals surface area contributed by atoms with Gasteiger partial charge in [-0.05, 0) is 37.1 Å². The van der Waals surface area contributed by atoms with Gasteiger partial charge in [0.05, 0.1) is 13.2 Å². The van der Waals surface area contributed by atoms with Crippen molar-refractivity contribution >= 4 is 5.91 Å². The molecule has 2 N–H and O–H groups in total. The first-order valence-electron chi connectivity index (χ1n) is 5.93. The molecule has 0 saturated carbocycles. The van der Waals surface area contributed by atoms with Crippen molar-refractivity contribution in [2.24, 2.45) is 0 Å². The zero-order chi connectivity index (χ0) is 12.1. The summed E-state index contributed by atoms with van der Waals surface area (Å²) in [5.74, 6) is 0.918. The number of hydrogen-bond acceptors (Lipinski definition) is 3. The molecule has 1 aliphatic rings. The summed E-state index contributed by atoms with van der Waals surface area (Å²) in [5, 5.41) is 6.18. The van der Waals surface area contributed by atoms with E-state index in [1.54, 1.807) is 7.11 Å². The van der Waals surface area contributed by atoms with Gasteiger partial charge >= 0.3 is 0 Å². The minimum Gasteiger partial charge on any atom is -0.497 e. The van der Waals surface area contributed by atoms with Crippen molar-refractivity contribution in [1.82, 2.24) is 10.6 Å². The van der Waals surface area contributed by atoms with Gasteiger partial charge in [0.15, 0.2) is 0 Å². The largest absolute Gasteiger partial charge is 0.497 e. The van der Waals surface area contributed by atoms with Gasteiger partial charge < -0.3 is 15.4 Å². The molecule has 17 heavy (non-hydrogen) atoms. The molecule has 2 rings (SSSR count). The van der Waals surface area contributed by atoms with Gasteiger partial charge in [-0.2, -0.15) is 0 Å². The number of hydrogen-bond donors (Lipinski definition) is 2. The Bertz CT molecular complexity index is 393. The van der Waals surface area contributed by atoms with Crippen LogP contribution in [0.1, 0.15) is 12.0 Å². The van der Waals surface area contributed by atoms with Gasteiger partial charge in [-0.1, -0.05) is 12.1 Å². The van der Waals surface area contributed by atoms with E-state index in [0.717, 1.165) is 30.8 Å². The summed E-state index contributed by atoms with van der Waals surface area (Å²) in [7, 11) is 1.65. The molecule has 1 aliphatic heterocycles. The zero-order valence-corrected chi connectivity index (χ0v) is 10.0. The van der Waals surface area contributed by atoms with E-state index < -0.39 is 0 Å². The number of nitrogens with one attached hydrogen (secondary N) is 2. The quantitative estimate of drug-likeness (QED) is 0.810. The van der Waals surface area contributed by atoms with Crippen LogP contribution in [0.2, 0.25) is 0 Å². The van der Waals surface area contributed by atoms with Crippen molar-refractivity contribution < 1.29 is 9.53 Å². The summed E-state index contributed by atoms with van der Waals surface area (Å²) >= 11 is 0. The highest BCUT2D eigenvalue weighted by atomic mass is 16.5. The van der Waals surface area contributed by atoms with E-state index >= 15 is 0 Å². The van der Waals surface area contributed by atoms with Gasteiger partial charge in [0, 0.05) is 6.54 Å². The number of benzene rings is 1. The monoisotopic (exact) mass is 234 g/mol. The summed E-state index contributed by atoms with van der Waals surface area (Å²) in [6.45, 7) is 1.65. The zero-order valence-electron chi connectivity index (χ0n) is 10.0. The molecule has 1 heterocycles. The van der Waals surface area contributed by atoms with Crippen LogP contribution in [0.5, 0.6) is 5.75 Å². The SMILES string of the molecule is COc1cccc(CC2NCCCNC2=O)c1. The Hall–Kier alpha value is -1.55. The number of rotatable bonds is 3. The molecular formula is C13H18N2O2. The molecule has 1 saturated heterocycles. The maximum absolute atomic E-state index is 11.8. The van der Waals surface area contributed by atoms with E-state index in [2.05, 4.69) is 10.6 Å². The van der Waals surface area contributed by atoms with Crippen molar-refractivity contribution in [3.05, 3.63) is 29.8 Å². The van der Waals surface area contributed by atoms with Gasteiger partial charge in [0.2, 0.25) is 5.91 Å². The van der Waals surface area contributed by atoms with Crippen molar-refractivity contribution in [3.8, 4) is 5.75 Å². The summed E-state index contributed by atoms with van der Waals surface area (Å²) in [6.07, 6.45) is 1.68. The molecule has 1 aromatic carbocycles. The first kappa shape index (κ1) is 11.9. The minimum atomic E-state index is -0.135. The molecule has 0 spiro atoms. The Morgan fingerprint density at radius 1 is 1.41 bits per heavy atom. The molecule has 1 atom stereocenters. The van der Waals surface area contributed by atoms with E-state index in [0.29, 0.717) is 6.42 Å². The smallest absolute Gasteiger partial charge is 0.237 e. The number of methoxy groups -OCH3 is 1. The molecule has 4 heteroatoms. The third-order valence-electron chi connectivity index (χ3n) is 2.93. The van der Waals surface area contributed by atoms with Gasteiger partial charge in [-0.15, -0.1) is 0 Å². The third kappa shape index (κ3) is 3.20. The highest BCUT2D eigenvalue weighted by Crippen LogP contribution is 2.14. The van der Waals surface area contributed by atoms with Crippen LogP contribution in [-0.2, 0) is 11.2 Å². The van der Waals surface area contributed by atoms with Crippen molar-refractivity contribution in [1.29, 1.82) is 0 Å². The van der Waals surface area contributed by atoms with E-state index in [1.165, 1.54) is 0 Å². The highest BCUT2D eigenvalue weighted by Gasteiger charge is 2.20. The highest BCUT2D eigenvalue weighted by molar-refractivity contribution is 5.82. The van der Waals surface area contributed by atoms with Gasteiger partial charge in [-0.3, -0.25) is 4.79 Å². The average Bonchev–Trinajstić information content (AvgIpc) is 2.55. The van der Waals surface area contributed by atoms with Crippen LogP contribution < -0.4 is 15.4 Å². The Balaban J connectivity index is 2.05. The fourth-order valence-corrected chi connectivity index (χ4v) is 1.99. The molecular weight excluding hydrogens is 216 g/mol. The first-order valence-corrected chi connectivity index (χ1v) is 5.93. The summed E-state index contributed by atoms with van der Waals surface area (Å²) in [5.41, 5.74) is 1.11. The number of carbonyl (C=O) groups is 1. The summed E-state index contributed by atoms with van der Waals surface area (Å²) in [4.78, 5) is 11.8. The van der Waals surface area contributed by atoms with Crippen LogP contribution in [0.25, 0.3) is 0 Å². The fraction of sp³-hybridized carbons (Fsp3) is 0.462.